The Morgan fingerprint density at radius 3 is 2.88 bits per heavy atom. The molecule has 1 amide bonds. The van der Waals surface area contributed by atoms with Crippen molar-refractivity contribution in [2.45, 2.75) is 32.0 Å². The Kier molecular flexibility index (Phi) is 3.50. The summed E-state index contributed by atoms with van der Waals surface area (Å²) in [6.45, 7) is 1.96. The topological polar surface area (TPSA) is 64.1 Å². The number of aromatic nitrogens is 2. The zero-order valence-corrected chi connectivity index (χ0v) is 10.4. The number of anilines is 1. The van der Waals surface area contributed by atoms with Crippen LogP contribution in [0.15, 0.2) is 17.0 Å². The third-order valence-electron chi connectivity index (χ3n) is 2.40. The minimum Gasteiger partial charge on any atom is -0.365 e. The number of ether oxygens (including phenoxy) is 1. The van der Waals surface area contributed by atoms with Gasteiger partial charge in [-0.3, -0.25) is 4.79 Å². The van der Waals surface area contributed by atoms with Crippen molar-refractivity contribution in [3.05, 3.63) is 17.0 Å². The van der Waals surface area contributed by atoms with Gasteiger partial charge in [0.05, 0.1) is 18.5 Å². The van der Waals surface area contributed by atoms with E-state index < -0.39 is 0 Å². The molecule has 1 aliphatic rings. The van der Waals surface area contributed by atoms with Gasteiger partial charge in [0.15, 0.2) is 5.82 Å². The summed E-state index contributed by atoms with van der Waals surface area (Å²) in [5, 5.41) is 2.67. The number of nitrogens with one attached hydrogen (secondary N) is 1. The van der Waals surface area contributed by atoms with Crippen molar-refractivity contribution in [3.8, 4) is 0 Å². The maximum atomic E-state index is 11.7. The first kappa shape index (κ1) is 11.5. The number of rotatable bonds is 2. The van der Waals surface area contributed by atoms with Gasteiger partial charge >= 0.3 is 0 Å². The van der Waals surface area contributed by atoms with Crippen LogP contribution in [-0.2, 0) is 9.53 Å². The zero-order valence-electron chi connectivity index (χ0n) is 8.81. The van der Waals surface area contributed by atoms with Crippen LogP contribution in [0.3, 0.4) is 0 Å². The second-order valence-corrected chi connectivity index (χ2v) is 4.54. The first-order valence-corrected chi connectivity index (χ1v) is 5.88. The number of nitrogens with zero attached hydrogens (tertiary/aromatic N) is 2. The molecule has 0 aromatic carbocycles. The highest BCUT2D eigenvalue weighted by molar-refractivity contribution is 9.10. The molecule has 0 spiro atoms. The minimum absolute atomic E-state index is 0.152. The van der Waals surface area contributed by atoms with E-state index in [1.165, 1.54) is 12.4 Å². The van der Waals surface area contributed by atoms with Crippen LogP contribution in [0.5, 0.6) is 0 Å². The fourth-order valence-electron chi connectivity index (χ4n) is 1.58. The van der Waals surface area contributed by atoms with E-state index in [4.69, 9.17) is 4.74 Å². The van der Waals surface area contributed by atoms with Gasteiger partial charge in [-0.05, 0) is 35.7 Å². The van der Waals surface area contributed by atoms with Crippen LogP contribution in [0.4, 0.5) is 5.82 Å². The van der Waals surface area contributed by atoms with Crippen molar-refractivity contribution >= 4 is 27.7 Å². The molecule has 1 saturated heterocycles. The third kappa shape index (κ3) is 2.76. The van der Waals surface area contributed by atoms with Gasteiger partial charge in [0, 0.05) is 0 Å². The summed E-state index contributed by atoms with van der Waals surface area (Å²) in [5.74, 6) is 0.289. The Morgan fingerprint density at radius 2 is 2.31 bits per heavy atom. The second kappa shape index (κ2) is 4.88. The monoisotopic (exact) mass is 285 g/mol. The van der Waals surface area contributed by atoms with Gasteiger partial charge < -0.3 is 10.1 Å². The average Bonchev–Trinajstić information content (AvgIpc) is 2.68. The molecule has 1 fully saturated rings. The standard InChI is InChI=1S/C10H12BrN3O2/c1-6-2-3-7(16-6)10(15)14-9-5-12-8(11)4-13-9/h4-7H,2-3H2,1H3,(H,13,14,15). The predicted molar refractivity (Wildman–Crippen MR) is 61.9 cm³/mol. The van der Waals surface area contributed by atoms with Crippen LogP contribution < -0.4 is 5.32 Å². The third-order valence-corrected chi connectivity index (χ3v) is 2.81. The largest absolute Gasteiger partial charge is 0.365 e. The lowest BCUT2D eigenvalue weighted by Gasteiger charge is -2.10. The van der Waals surface area contributed by atoms with Crippen molar-refractivity contribution < 1.29 is 9.53 Å². The lowest BCUT2D eigenvalue weighted by atomic mass is 10.2. The molecule has 0 saturated carbocycles. The van der Waals surface area contributed by atoms with E-state index >= 15 is 0 Å². The molecular formula is C10H12BrN3O2. The Morgan fingerprint density at radius 1 is 1.50 bits per heavy atom. The van der Waals surface area contributed by atoms with E-state index in [1.54, 1.807) is 0 Å². The maximum absolute atomic E-state index is 11.7. The Labute approximate surface area is 102 Å². The molecule has 1 aliphatic heterocycles. The smallest absolute Gasteiger partial charge is 0.254 e. The van der Waals surface area contributed by atoms with Gasteiger partial charge in [0.25, 0.3) is 5.91 Å². The van der Waals surface area contributed by atoms with Crippen molar-refractivity contribution in [2.75, 3.05) is 5.32 Å². The fourth-order valence-corrected chi connectivity index (χ4v) is 1.78. The number of carbonyl (C=O) groups excluding carboxylic acids is 1. The van der Waals surface area contributed by atoms with Crippen molar-refractivity contribution in [2.24, 2.45) is 0 Å². The van der Waals surface area contributed by atoms with E-state index in [0.29, 0.717) is 10.4 Å². The highest BCUT2D eigenvalue weighted by Gasteiger charge is 2.28. The summed E-state index contributed by atoms with van der Waals surface area (Å²) in [4.78, 5) is 19.7. The average molecular weight is 286 g/mol. The molecule has 86 valence electrons. The summed E-state index contributed by atoms with van der Waals surface area (Å²) < 4.78 is 6.08. The van der Waals surface area contributed by atoms with Gasteiger partial charge in [-0.1, -0.05) is 0 Å². The van der Waals surface area contributed by atoms with Gasteiger partial charge in [-0.15, -0.1) is 0 Å². The molecular weight excluding hydrogens is 274 g/mol. The van der Waals surface area contributed by atoms with E-state index in [0.717, 1.165) is 12.8 Å². The predicted octanol–water partition coefficient (Wildman–Crippen LogP) is 1.75. The van der Waals surface area contributed by atoms with E-state index in [1.807, 2.05) is 6.92 Å². The molecule has 16 heavy (non-hydrogen) atoms. The lowest BCUT2D eigenvalue weighted by molar-refractivity contribution is -0.126. The van der Waals surface area contributed by atoms with Gasteiger partial charge in [0.1, 0.15) is 10.7 Å². The summed E-state index contributed by atoms with van der Waals surface area (Å²) in [5.41, 5.74) is 0. The van der Waals surface area contributed by atoms with E-state index in [9.17, 15) is 4.79 Å². The SMILES string of the molecule is CC1CCC(C(=O)Nc2cnc(Br)cn2)O1. The number of amides is 1. The second-order valence-electron chi connectivity index (χ2n) is 3.73. The maximum Gasteiger partial charge on any atom is 0.254 e. The molecule has 2 heterocycles. The van der Waals surface area contributed by atoms with Crippen LogP contribution in [-0.4, -0.2) is 28.1 Å². The molecule has 1 aromatic heterocycles. The van der Waals surface area contributed by atoms with Gasteiger partial charge in [-0.25, -0.2) is 9.97 Å². The molecule has 2 rings (SSSR count). The Bertz CT molecular complexity index is 382. The van der Waals surface area contributed by atoms with Crippen LogP contribution in [0.1, 0.15) is 19.8 Å². The number of hydrogen-bond donors (Lipinski definition) is 1. The van der Waals surface area contributed by atoms with Crippen molar-refractivity contribution in [1.82, 2.24) is 9.97 Å². The Hall–Kier alpha value is -1.01. The molecule has 5 nitrogen and oxygen atoms in total. The highest BCUT2D eigenvalue weighted by Crippen LogP contribution is 2.20. The van der Waals surface area contributed by atoms with Gasteiger partial charge in [0.2, 0.25) is 0 Å². The molecule has 6 heteroatoms. The summed E-state index contributed by atoms with van der Waals surface area (Å²) >= 11 is 3.17. The fraction of sp³-hybridized carbons (Fsp3) is 0.500. The van der Waals surface area contributed by atoms with Crippen LogP contribution in [0.2, 0.25) is 0 Å². The molecule has 2 unspecified atom stereocenters. The summed E-state index contributed by atoms with van der Waals surface area (Å²) in [7, 11) is 0. The van der Waals surface area contributed by atoms with Crippen molar-refractivity contribution in [3.63, 3.8) is 0 Å². The first-order valence-electron chi connectivity index (χ1n) is 5.09. The molecule has 0 bridgehead atoms. The molecule has 0 aliphatic carbocycles. The summed E-state index contributed by atoms with van der Waals surface area (Å²) in [6, 6.07) is 0. The lowest BCUT2D eigenvalue weighted by Crippen LogP contribution is -2.28. The van der Waals surface area contributed by atoms with E-state index in [-0.39, 0.29) is 18.1 Å². The number of carbonyl (C=O) groups is 1. The number of halogens is 1. The molecule has 1 aromatic rings. The van der Waals surface area contributed by atoms with Crippen molar-refractivity contribution in [1.29, 1.82) is 0 Å². The normalized spacial score (nSPS) is 24.4. The summed E-state index contributed by atoms with van der Waals surface area (Å²) in [6.07, 6.45) is 4.52. The quantitative estimate of drug-likeness (QED) is 0.899. The first-order chi connectivity index (χ1) is 7.65. The molecule has 1 N–H and O–H groups in total. The zero-order chi connectivity index (χ0) is 11.5. The molecule has 2 atom stereocenters. The molecule has 0 radical (unpaired) electrons. The van der Waals surface area contributed by atoms with Crippen LogP contribution in [0.25, 0.3) is 0 Å². The highest BCUT2D eigenvalue weighted by atomic mass is 79.9. The van der Waals surface area contributed by atoms with Crippen LogP contribution >= 0.6 is 15.9 Å². The van der Waals surface area contributed by atoms with Gasteiger partial charge in [-0.2, -0.15) is 0 Å². The van der Waals surface area contributed by atoms with E-state index in [2.05, 4.69) is 31.2 Å². The Balaban J connectivity index is 1.94. The minimum atomic E-state index is -0.361. The number of hydrogen-bond acceptors (Lipinski definition) is 4. The van der Waals surface area contributed by atoms with Crippen LogP contribution in [0, 0.1) is 0 Å².